The average Bonchev–Trinajstić information content (AvgIpc) is 2.95. The van der Waals surface area contributed by atoms with E-state index >= 15 is 0 Å². The van der Waals surface area contributed by atoms with Crippen molar-refractivity contribution in [1.29, 1.82) is 0 Å². The van der Waals surface area contributed by atoms with Gasteiger partial charge in [0.1, 0.15) is 0 Å². The van der Waals surface area contributed by atoms with Gasteiger partial charge in [-0.3, -0.25) is 4.99 Å². The Labute approximate surface area is 214 Å². The summed E-state index contributed by atoms with van der Waals surface area (Å²) in [5, 5.41) is 0. The summed E-state index contributed by atoms with van der Waals surface area (Å²) in [6.07, 6.45) is 12.2. The molecule has 0 N–H and O–H groups in total. The van der Waals surface area contributed by atoms with Gasteiger partial charge in [-0.05, 0) is 52.8 Å². The quantitative estimate of drug-likeness (QED) is 0.242. The highest BCUT2D eigenvalue weighted by Gasteiger charge is 2.11. The molecule has 36 heavy (non-hydrogen) atoms. The van der Waals surface area contributed by atoms with Crippen LogP contribution in [0.3, 0.4) is 0 Å². The van der Waals surface area contributed by atoms with Crippen LogP contribution in [0.1, 0.15) is 28.7 Å². The summed E-state index contributed by atoms with van der Waals surface area (Å²) in [6, 6.07) is 38.4. The zero-order valence-electron chi connectivity index (χ0n) is 20.7. The third-order valence-corrected chi connectivity index (χ3v) is 6.59. The zero-order chi connectivity index (χ0) is 24.6. The topological polar surface area (TPSA) is 12.4 Å². The minimum Gasteiger partial charge on any atom is -0.284 e. The minimum atomic E-state index is 0.405. The largest absolute Gasteiger partial charge is 0.284 e. The van der Waals surface area contributed by atoms with Crippen LogP contribution >= 0.6 is 0 Å². The van der Waals surface area contributed by atoms with E-state index in [4.69, 9.17) is 4.99 Å². The van der Waals surface area contributed by atoms with Gasteiger partial charge in [0.25, 0.3) is 0 Å². The summed E-state index contributed by atoms with van der Waals surface area (Å²) < 4.78 is 0. The molecule has 1 nitrogen and oxygen atoms in total. The highest BCUT2D eigenvalue weighted by molar-refractivity contribution is 6.11. The van der Waals surface area contributed by atoms with Crippen LogP contribution in [0.4, 0.5) is 0 Å². The number of hydrogen-bond donors (Lipinski definition) is 0. The maximum atomic E-state index is 5.09. The molecule has 0 saturated carbocycles. The Morgan fingerprint density at radius 1 is 0.750 bits per heavy atom. The molecular weight excluding hydrogens is 434 g/mol. The minimum absolute atomic E-state index is 0.405. The first-order chi connectivity index (χ1) is 17.7. The van der Waals surface area contributed by atoms with Gasteiger partial charge in [0.2, 0.25) is 0 Å². The number of rotatable bonds is 7. The number of aliphatic imine (C=N–C) groups is 1. The van der Waals surface area contributed by atoms with Crippen molar-refractivity contribution in [3.05, 3.63) is 156 Å². The first kappa shape index (κ1) is 23.5. The van der Waals surface area contributed by atoms with Gasteiger partial charge in [0.05, 0.1) is 5.71 Å². The van der Waals surface area contributed by atoms with Gasteiger partial charge in [-0.25, -0.2) is 0 Å². The zero-order valence-corrected chi connectivity index (χ0v) is 20.7. The average molecular weight is 466 g/mol. The normalized spacial score (nSPS) is 15.8. The summed E-state index contributed by atoms with van der Waals surface area (Å²) in [5.41, 5.74) is 9.65. The molecule has 0 bridgehead atoms. The van der Waals surface area contributed by atoms with Crippen molar-refractivity contribution in [3.63, 3.8) is 0 Å². The fraction of sp³-hybridized carbons (Fsp3) is 0.114. The number of benzene rings is 4. The fourth-order valence-electron chi connectivity index (χ4n) is 4.42. The van der Waals surface area contributed by atoms with Crippen molar-refractivity contribution in [2.75, 3.05) is 6.54 Å². The second-order valence-corrected chi connectivity index (χ2v) is 9.29. The van der Waals surface area contributed by atoms with Crippen LogP contribution < -0.4 is 0 Å². The Morgan fingerprint density at radius 2 is 1.39 bits per heavy atom. The van der Waals surface area contributed by atoms with E-state index in [2.05, 4.69) is 140 Å². The van der Waals surface area contributed by atoms with E-state index in [0.717, 1.165) is 24.2 Å². The van der Waals surface area contributed by atoms with Crippen molar-refractivity contribution < 1.29 is 0 Å². The number of aryl methyl sites for hydroxylation is 1. The van der Waals surface area contributed by atoms with E-state index in [9.17, 15) is 0 Å². The van der Waals surface area contributed by atoms with Crippen LogP contribution in [0.2, 0.25) is 0 Å². The molecular formula is C35H31N. The van der Waals surface area contributed by atoms with E-state index in [1.807, 2.05) is 6.07 Å². The van der Waals surface area contributed by atoms with Gasteiger partial charge in [-0.2, -0.15) is 0 Å². The summed E-state index contributed by atoms with van der Waals surface area (Å²) in [5.74, 6) is 0.405. The van der Waals surface area contributed by atoms with Crippen LogP contribution in [-0.2, 0) is 0 Å². The Balaban J connectivity index is 1.34. The lowest BCUT2D eigenvalue weighted by Crippen LogP contribution is -2.07. The lowest BCUT2D eigenvalue weighted by atomic mass is 9.92. The van der Waals surface area contributed by atoms with Crippen LogP contribution in [0.5, 0.6) is 0 Å². The van der Waals surface area contributed by atoms with E-state index < -0.39 is 0 Å². The molecule has 5 rings (SSSR count). The number of nitrogens with zero attached hydrogens (tertiary/aromatic N) is 1. The second-order valence-electron chi connectivity index (χ2n) is 9.29. The van der Waals surface area contributed by atoms with Gasteiger partial charge >= 0.3 is 0 Å². The summed E-state index contributed by atoms with van der Waals surface area (Å²) >= 11 is 0. The fourth-order valence-corrected chi connectivity index (χ4v) is 4.42. The highest BCUT2D eigenvalue weighted by atomic mass is 14.7. The van der Waals surface area contributed by atoms with Crippen molar-refractivity contribution in [2.24, 2.45) is 10.9 Å². The van der Waals surface area contributed by atoms with E-state index in [1.54, 1.807) is 0 Å². The molecule has 1 unspecified atom stereocenters. The van der Waals surface area contributed by atoms with Crippen LogP contribution in [0.25, 0.3) is 22.8 Å². The summed E-state index contributed by atoms with van der Waals surface area (Å²) in [7, 11) is 0. The van der Waals surface area contributed by atoms with Crippen molar-refractivity contribution in [3.8, 4) is 11.1 Å². The first-order valence-electron chi connectivity index (χ1n) is 12.6. The lowest BCUT2D eigenvalue weighted by molar-refractivity contribution is 0.673. The first-order valence-corrected chi connectivity index (χ1v) is 12.6. The second kappa shape index (κ2) is 11.5. The third kappa shape index (κ3) is 6.06. The van der Waals surface area contributed by atoms with Gasteiger partial charge < -0.3 is 0 Å². The molecule has 176 valence electrons. The number of hydrogen-bond acceptors (Lipinski definition) is 1. The molecule has 1 heteroatoms. The van der Waals surface area contributed by atoms with Gasteiger partial charge in [0, 0.05) is 12.5 Å². The Bertz CT molecular complexity index is 1390. The predicted octanol–water partition coefficient (Wildman–Crippen LogP) is 8.82. The smallest absolute Gasteiger partial charge is 0.0647 e. The SMILES string of the molecule is Cc1ccc(C2=CCC(CN=C(/C=C/c3ccccc3)c3ccc(-c4ccccc4)cc3)C=C2)cc1. The molecule has 0 radical (unpaired) electrons. The van der Waals surface area contributed by atoms with Crippen molar-refractivity contribution >= 4 is 17.4 Å². The Kier molecular flexibility index (Phi) is 7.49. The Hall–Kier alpha value is -4.23. The van der Waals surface area contributed by atoms with Crippen molar-refractivity contribution in [2.45, 2.75) is 13.3 Å². The molecule has 4 aromatic carbocycles. The molecule has 0 spiro atoms. The maximum Gasteiger partial charge on any atom is 0.0647 e. The van der Waals surface area contributed by atoms with Crippen molar-refractivity contribution in [1.82, 2.24) is 0 Å². The lowest BCUT2D eigenvalue weighted by Gasteiger charge is -2.15. The van der Waals surface area contributed by atoms with Crippen LogP contribution in [-0.4, -0.2) is 12.3 Å². The monoisotopic (exact) mass is 465 g/mol. The Morgan fingerprint density at radius 3 is 2.06 bits per heavy atom. The molecule has 1 aliphatic carbocycles. The van der Waals surface area contributed by atoms with Crippen LogP contribution in [0.15, 0.2) is 138 Å². The molecule has 1 aliphatic rings. The van der Waals surface area contributed by atoms with E-state index in [-0.39, 0.29) is 0 Å². The van der Waals surface area contributed by atoms with Crippen LogP contribution in [0, 0.1) is 12.8 Å². The molecule has 0 aromatic heterocycles. The van der Waals surface area contributed by atoms with Gasteiger partial charge in [-0.15, -0.1) is 0 Å². The standard InChI is InChI=1S/C35H31N/c1-27-12-17-31(18-13-27)32-19-14-29(15-20-32)26-36-35(25-16-28-8-4-2-5-9-28)34-23-21-33(22-24-34)30-10-6-3-7-11-30/h2-14,16-25,29H,15,26H2,1H3/b25-16+,36-35?. The molecule has 0 fully saturated rings. The van der Waals surface area contributed by atoms with Gasteiger partial charge in [-0.1, -0.05) is 139 Å². The molecule has 0 heterocycles. The molecule has 1 atom stereocenters. The summed E-state index contributed by atoms with van der Waals surface area (Å²) in [6.45, 7) is 2.89. The summed E-state index contributed by atoms with van der Waals surface area (Å²) in [4.78, 5) is 5.09. The van der Waals surface area contributed by atoms with E-state index in [0.29, 0.717) is 5.92 Å². The predicted molar refractivity (Wildman–Crippen MR) is 155 cm³/mol. The highest BCUT2D eigenvalue weighted by Crippen LogP contribution is 2.25. The van der Waals surface area contributed by atoms with Gasteiger partial charge in [0.15, 0.2) is 0 Å². The molecule has 4 aromatic rings. The number of allylic oxidation sites excluding steroid dienone is 4. The maximum absolute atomic E-state index is 5.09. The van der Waals surface area contributed by atoms with E-state index in [1.165, 1.54) is 33.4 Å². The molecule has 0 amide bonds. The third-order valence-electron chi connectivity index (χ3n) is 6.59. The molecule has 0 aliphatic heterocycles. The molecule has 0 saturated heterocycles.